The SMILES string of the molecule is O=C(O)C1CSCCN1C(=O)c1cccc(Br)c1Cl. The van der Waals surface area contributed by atoms with Crippen molar-refractivity contribution < 1.29 is 14.7 Å². The molecule has 1 heterocycles. The normalized spacial score (nSPS) is 19.3. The van der Waals surface area contributed by atoms with Crippen LogP contribution < -0.4 is 0 Å². The first-order valence-electron chi connectivity index (χ1n) is 5.58. The third kappa shape index (κ3) is 3.07. The zero-order valence-corrected chi connectivity index (χ0v) is 13.0. The number of carbonyl (C=O) groups is 2. The van der Waals surface area contributed by atoms with Crippen LogP contribution in [0.4, 0.5) is 0 Å². The third-order valence-electron chi connectivity index (χ3n) is 2.86. The van der Waals surface area contributed by atoms with Crippen molar-refractivity contribution >= 4 is 51.2 Å². The lowest BCUT2D eigenvalue weighted by Crippen LogP contribution is -2.50. The summed E-state index contributed by atoms with van der Waals surface area (Å²) in [5.74, 6) is -0.168. The highest BCUT2D eigenvalue weighted by atomic mass is 79.9. The van der Waals surface area contributed by atoms with Crippen molar-refractivity contribution in [1.29, 1.82) is 0 Å². The highest BCUT2D eigenvalue weighted by molar-refractivity contribution is 9.10. The number of nitrogens with zero attached hydrogens (tertiary/aromatic N) is 1. The molecule has 1 saturated heterocycles. The highest BCUT2D eigenvalue weighted by Crippen LogP contribution is 2.28. The van der Waals surface area contributed by atoms with Crippen molar-refractivity contribution in [1.82, 2.24) is 4.90 Å². The third-order valence-corrected chi connectivity index (χ3v) is 5.18. The molecular formula is C12H11BrClNO3S. The fourth-order valence-electron chi connectivity index (χ4n) is 1.88. The first-order valence-corrected chi connectivity index (χ1v) is 7.90. The Labute approximate surface area is 128 Å². The molecular weight excluding hydrogens is 354 g/mol. The molecule has 1 aliphatic heterocycles. The van der Waals surface area contributed by atoms with Gasteiger partial charge in [-0.2, -0.15) is 11.8 Å². The van der Waals surface area contributed by atoms with Gasteiger partial charge in [0.1, 0.15) is 6.04 Å². The number of hydrogen-bond donors (Lipinski definition) is 1. The standard InChI is InChI=1S/C12H11BrClNO3S/c13-8-3-1-2-7(10(8)14)11(16)15-4-5-19-6-9(15)12(17)18/h1-3,9H,4-6H2,(H,17,18). The summed E-state index contributed by atoms with van der Waals surface area (Å²) in [6.07, 6.45) is 0. The summed E-state index contributed by atoms with van der Waals surface area (Å²) in [7, 11) is 0. The number of carbonyl (C=O) groups excluding carboxylic acids is 1. The lowest BCUT2D eigenvalue weighted by Gasteiger charge is -2.32. The summed E-state index contributed by atoms with van der Waals surface area (Å²) in [6, 6.07) is 4.26. The van der Waals surface area contributed by atoms with Gasteiger partial charge in [0.15, 0.2) is 0 Å². The van der Waals surface area contributed by atoms with E-state index >= 15 is 0 Å². The van der Waals surface area contributed by atoms with Gasteiger partial charge in [0.2, 0.25) is 0 Å². The van der Waals surface area contributed by atoms with Crippen LogP contribution in [0.1, 0.15) is 10.4 Å². The Morgan fingerprint density at radius 2 is 2.21 bits per heavy atom. The van der Waals surface area contributed by atoms with Crippen molar-refractivity contribution in [3.63, 3.8) is 0 Å². The maximum Gasteiger partial charge on any atom is 0.327 e. The molecule has 0 saturated carbocycles. The molecule has 0 bridgehead atoms. The van der Waals surface area contributed by atoms with Gasteiger partial charge < -0.3 is 10.0 Å². The van der Waals surface area contributed by atoms with Crippen LogP contribution in [-0.4, -0.2) is 46.0 Å². The Morgan fingerprint density at radius 3 is 2.89 bits per heavy atom. The second-order valence-corrected chi connectivity index (χ2v) is 6.41. The van der Waals surface area contributed by atoms with E-state index < -0.39 is 12.0 Å². The summed E-state index contributed by atoms with van der Waals surface area (Å²) in [5.41, 5.74) is 0.328. The van der Waals surface area contributed by atoms with Crippen molar-refractivity contribution in [3.05, 3.63) is 33.3 Å². The van der Waals surface area contributed by atoms with Gasteiger partial charge in [0.05, 0.1) is 10.6 Å². The van der Waals surface area contributed by atoms with E-state index in [9.17, 15) is 14.7 Å². The molecule has 0 aromatic heterocycles. The minimum atomic E-state index is -0.980. The van der Waals surface area contributed by atoms with E-state index in [-0.39, 0.29) is 5.91 Å². The topological polar surface area (TPSA) is 57.6 Å². The number of halogens is 2. The number of amides is 1. The average molecular weight is 365 g/mol. The predicted molar refractivity (Wildman–Crippen MR) is 78.9 cm³/mol. The summed E-state index contributed by atoms with van der Waals surface area (Å²) >= 11 is 10.9. The van der Waals surface area contributed by atoms with Gasteiger partial charge in [0.25, 0.3) is 5.91 Å². The molecule has 0 spiro atoms. The van der Waals surface area contributed by atoms with E-state index in [1.54, 1.807) is 18.2 Å². The summed E-state index contributed by atoms with van der Waals surface area (Å²) in [6.45, 7) is 0.420. The number of carboxylic acids is 1. The number of carboxylic acid groups (broad SMARTS) is 1. The molecule has 0 radical (unpaired) electrons. The van der Waals surface area contributed by atoms with Crippen molar-refractivity contribution in [2.75, 3.05) is 18.1 Å². The predicted octanol–water partition coefficient (Wildman–Crippen LogP) is 2.74. The summed E-state index contributed by atoms with van der Waals surface area (Å²) in [4.78, 5) is 25.0. The van der Waals surface area contributed by atoms with Gasteiger partial charge in [-0.05, 0) is 28.1 Å². The smallest absolute Gasteiger partial charge is 0.327 e. The van der Waals surface area contributed by atoms with Crippen molar-refractivity contribution in [2.24, 2.45) is 0 Å². The van der Waals surface area contributed by atoms with Gasteiger partial charge in [-0.15, -0.1) is 0 Å². The minimum Gasteiger partial charge on any atom is -0.480 e. The zero-order valence-electron chi connectivity index (χ0n) is 9.81. The van der Waals surface area contributed by atoms with Crippen LogP contribution in [0.2, 0.25) is 5.02 Å². The largest absolute Gasteiger partial charge is 0.480 e. The number of hydrogen-bond acceptors (Lipinski definition) is 3. The number of benzene rings is 1. The van der Waals surface area contributed by atoms with Crippen LogP contribution in [0, 0.1) is 0 Å². The average Bonchev–Trinajstić information content (AvgIpc) is 2.41. The second-order valence-electron chi connectivity index (χ2n) is 4.03. The molecule has 2 rings (SSSR count). The van der Waals surface area contributed by atoms with Crippen LogP contribution in [0.25, 0.3) is 0 Å². The van der Waals surface area contributed by atoms with E-state index in [1.165, 1.54) is 16.7 Å². The monoisotopic (exact) mass is 363 g/mol. The Morgan fingerprint density at radius 1 is 1.47 bits per heavy atom. The number of thioether (sulfide) groups is 1. The first-order chi connectivity index (χ1) is 9.02. The molecule has 1 amide bonds. The fraction of sp³-hybridized carbons (Fsp3) is 0.333. The Balaban J connectivity index is 2.31. The van der Waals surface area contributed by atoms with Crippen molar-refractivity contribution in [2.45, 2.75) is 6.04 Å². The molecule has 7 heteroatoms. The van der Waals surface area contributed by atoms with E-state index in [1.807, 2.05) is 0 Å². The zero-order chi connectivity index (χ0) is 14.0. The maximum absolute atomic E-state index is 12.4. The van der Waals surface area contributed by atoms with Gasteiger partial charge in [-0.1, -0.05) is 17.7 Å². The van der Waals surface area contributed by atoms with E-state index in [0.717, 1.165) is 5.75 Å². The van der Waals surface area contributed by atoms with E-state index in [4.69, 9.17) is 11.6 Å². The second kappa shape index (κ2) is 6.15. The molecule has 1 fully saturated rings. The molecule has 1 N–H and O–H groups in total. The first kappa shape index (κ1) is 14.7. The lowest BCUT2D eigenvalue weighted by molar-refractivity contribution is -0.141. The van der Waals surface area contributed by atoms with Crippen molar-refractivity contribution in [3.8, 4) is 0 Å². The minimum absolute atomic E-state index is 0.315. The molecule has 19 heavy (non-hydrogen) atoms. The Bertz CT molecular complexity index is 526. The van der Waals surface area contributed by atoms with E-state index in [2.05, 4.69) is 15.9 Å². The highest BCUT2D eigenvalue weighted by Gasteiger charge is 2.33. The fourth-order valence-corrected chi connectivity index (χ4v) is 3.49. The Kier molecular flexibility index (Phi) is 4.76. The maximum atomic E-state index is 12.4. The van der Waals surface area contributed by atoms with Gasteiger partial charge >= 0.3 is 5.97 Å². The van der Waals surface area contributed by atoms with Crippen LogP contribution >= 0.6 is 39.3 Å². The molecule has 1 aliphatic rings. The van der Waals surface area contributed by atoms with Gasteiger partial charge in [-0.3, -0.25) is 4.79 Å². The van der Waals surface area contributed by atoms with Crippen LogP contribution in [0.15, 0.2) is 22.7 Å². The molecule has 4 nitrogen and oxygen atoms in total. The quantitative estimate of drug-likeness (QED) is 0.876. The molecule has 1 aromatic carbocycles. The number of rotatable bonds is 2. The lowest BCUT2D eigenvalue weighted by atomic mass is 10.1. The van der Waals surface area contributed by atoms with Gasteiger partial charge in [0, 0.05) is 22.5 Å². The summed E-state index contributed by atoms with van der Waals surface area (Å²) < 4.78 is 0.623. The molecule has 0 aliphatic carbocycles. The van der Waals surface area contributed by atoms with Crippen LogP contribution in [0.3, 0.4) is 0 Å². The number of aliphatic carboxylic acids is 1. The summed E-state index contributed by atoms with van der Waals surface area (Å²) in [5, 5.41) is 9.49. The molecule has 1 aromatic rings. The molecule has 102 valence electrons. The molecule has 1 atom stereocenters. The van der Waals surface area contributed by atoms with Gasteiger partial charge in [-0.25, -0.2) is 4.79 Å². The Hall–Kier alpha value is -0.720. The van der Waals surface area contributed by atoms with Crippen LogP contribution in [-0.2, 0) is 4.79 Å². The van der Waals surface area contributed by atoms with Crippen LogP contribution in [0.5, 0.6) is 0 Å². The molecule has 1 unspecified atom stereocenters. The van der Waals surface area contributed by atoms with E-state index in [0.29, 0.717) is 27.4 Å².